The number of nitrogens with one attached hydrogen (secondary N) is 1. The number of fused-ring (bicyclic) bond motifs is 1. The normalized spacial score (nSPS) is 21.2. The summed E-state index contributed by atoms with van der Waals surface area (Å²) in [5, 5.41) is 2.73. The molecule has 1 N–H and O–H groups in total. The number of thiazole rings is 1. The maximum Gasteiger partial charge on any atom is 0.320 e. The zero-order valence-electron chi connectivity index (χ0n) is 15.3. The fourth-order valence-corrected chi connectivity index (χ4v) is 4.61. The van der Waals surface area contributed by atoms with E-state index in [-0.39, 0.29) is 22.8 Å². The summed E-state index contributed by atoms with van der Waals surface area (Å²) in [7, 11) is 0. The number of anilines is 1. The molecule has 0 spiro atoms. The largest absolute Gasteiger partial charge is 0.320 e. The molecule has 152 valence electrons. The first-order chi connectivity index (χ1) is 13.9. The van der Waals surface area contributed by atoms with E-state index in [1.807, 2.05) is 12.2 Å². The van der Waals surface area contributed by atoms with Crippen molar-refractivity contribution < 1.29 is 23.2 Å². The van der Waals surface area contributed by atoms with Crippen molar-refractivity contribution in [3.63, 3.8) is 0 Å². The Morgan fingerprint density at radius 1 is 1.28 bits per heavy atom. The maximum atomic E-state index is 13.1. The highest BCUT2D eigenvalue weighted by Gasteiger charge is 2.47. The number of aromatic nitrogens is 3. The Morgan fingerprint density at radius 2 is 1.93 bits per heavy atom. The molecule has 1 fully saturated rings. The molecule has 2 aromatic heterocycles. The Kier molecular flexibility index (Phi) is 4.99. The van der Waals surface area contributed by atoms with Gasteiger partial charge in [0.25, 0.3) is 0 Å². The van der Waals surface area contributed by atoms with Crippen LogP contribution in [0, 0.1) is 18.8 Å². The molecule has 0 saturated carbocycles. The van der Waals surface area contributed by atoms with Gasteiger partial charge in [0.15, 0.2) is 11.0 Å². The fraction of sp³-hybridized carbons (Fsp3) is 0.389. The first kappa shape index (κ1) is 19.4. The first-order valence-corrected chi connectivity index (χ1v) is 9.77. The van der Waals surface area contributed by atoms with Gasteiger partial charge in [-0.1, -0.05) is 23.5 Å². The highest BCUT2D eigenvalue weighted by Crippen LogP contribution is 2.36. The van der Waals surface area contributed by atoms with E-state index in [4.69, 9.17) is 0 Å². The lowest BCUT2D eigenvalue weighted by molar-refractivity contribution is -0.142. The van der Waals surface area contributed by atoms with Gasteiger partial charge in [-0.3, -0.25) is 23.9 Å². The van der Waals surface area contributed by atoms with Gasteiger partial charge in [0.2, 0.25) is 17.7 Å². The SMILES string of the molecule is Cc1nc(NC(=O)CN2C(=O)[C@@H]3CC=CC[C@H]3C2=O)sc1-c1nccn1C(F)F. The molecule has 0 bridgehead atoms. The summed E-state index contributed by atoms with van der Waals surface area (Å²) in [5.74, 6) is -2.00. The second-order valence-electron chi connectivity index (χ2n) is 6.84. The molecule has 1 aliphatic heterocycles. The minimum atomic E-state index is -2.75. The Bertz CT molecular complexity index is 989. The maximum absolute atomic E-state index is 13.1. The lowest BCUT2D eigenvalue weighted by Crippen LogP contribution is -2.38. The molecular formula is C18H17F2N5O3S. The van der Waals surface area contributed by atoms with Crippen LogP contribution in [-0.2, 0) is 14.4 Å². The second kappa shape index (κ2) is 7.47. The number of hydrogen-bond acceptors (Lipinski definition) is 6. The molecular weight excluding hydrogens is 404 g/mol. The first-order valence-electron chi connectivity index (χ1n) is 8.95. The Balaban J connectivity index is 1.46. The summed E-state index contributed by atoms with van der Waals surface area (Å²) in [4.78, 5) is 46.8. The highest BCUT2D eigenvalue weighted by atomic mass is 32.1. The number of carbonyl (C=O) groups excluding carboxylic acids is 3. The monoisotopic (exact) mass is 421 g/mol. The molecule has 1 aliphatic carbocycles. The number of alkyl halides is 2. The van der Waals surface area contributed by atoms with E-state index in [0.29, 0.717) is 28.0 Å². The van der Waals surface area contributed by atoms with Crippen LogP contribution in [0.1, 0.15) is 25.1 Å². The predicted octanol–water partition coefficient (Wildman–Crippen LogP) is 2.60. The molecule has 2 atom stereocenters. The van der Waals surface area contributed by atoms with Gasteiger partial charge in [0.1, 0.15) is 6.54 Å². The number of rotatable bonds is 5. The van der Waals surface area contributed by atoms with E-state index < -0.39 is 30.8 Å². The number of halogens is 2. The summed E-state index contributed by atoms with van der Waals surface area (Å²) >= 11 is 0.999. The van der Waals surface area contributed by atoms with Crippen LogP contribution < -0.4 is 5.32 Å². The molecule has 2 aromatic rings. The standard InChI is InChI=1S/C18H17F2N5O3S/c1-9-13(14-21-6-7-24(14)17(19)20)29-18(22-9)23-12(26)8-25-15(27)10-4-2-3-5-11(10)16(25)28/h2-3,6-7,10-11,17H,4-5,8H2,1H3,(H,22,23,26)/t10-,11-/m1/s1. The molecule has 1 saturated heterocycles. The number of imidazole rings is 1. The van der Waals surface area contributed by atoms with E-state index in [1.165, 1.54) is 6.20 Å². The van der Waals surface area contributed by atoms with Crippen molar-refractivity contribution in [1.29, 1.82) is 0 Å². The average Bonchev–Trinajstić information content (AvgIpc) is 3.36. The van der Waals surface area contributed by atoms with Crippen LogP contribution in [0.2, 0.25) is 0 Å². The van der Waals surface area contributed by atoms with Gasteiger partial charge in [-0.15, -0.1) is 0 Å². The van der Waals surface area contributed by atoms with Crippen LogP contribution in [0.5, 0.6) is 0 Å². The van der Waals surface area contributed by atoms with Gasteiger partial charge >= 0.3 is 6.55 Å². The quantitative estimate of drug-likeness (QED) is 0.591. The molecule has 4 rings (SSSR count). The third-order valence-corrected chi connectivity index (χ3v) is 6.09. The number of carbonyl (C=O) groups is 3. The van der Waals surface area contributed by atoms with Crippen LogP contribution >= 0.6 is 11.3 Å². The number of allylic oxidation sites excluding steroid dienone is 2. The summed E-state index contributed by atoms with van der Waals surface area (Å²) < 4.78 is 26.9. The second-order valence-corrected chi connectivity index (χ2v) is 7.83. The minimum Gasteiger partial charge on any atom is -0.300 e. The molecule has 0 radical (unpaired) electrons. The third-order valence-electron chi connectivity index (χ3n) is 5.03. The summed E-state index contributed by atoms with van der Waals surface area (Å²) in [6, 6.07) is 0. The topological polar surface area (TPSA) is 97.2 Å². The smallest absolute Gasteiger partial charge is 0.300 e. The lowest BCUT2D eigenvalue weighted by atomic mass is 9.85. The molecule has 3 amide bonds. The zero-order chi connectivity index (χ0) is 20.7. The molecule has 0 unspecified atom stereocenters. The van der Waals surface area contributed by atoms with E-state index >= 15 is 0 Å². The van der Waals surface area contributed by atoms with Crippen molar-refractivity contribution in [1.82, 2.24) is 19.4 Å². The third kappa shape index (κ3) is 3.46. The van der Waals surface area contributed by atoms with Gasteiger partial charge in [-0.25, -0.2) is 9.97 Å². The van der Waals surface area contributed by atoms with Crippen molar-refractivity contribution in [2.45, 2.75) is 26.3 Å². The van der Waals surface area contributed by atoms with Gasteiger partial charge in [-0.05, 0) is 19.8 Å². The van der Waals surface area contributed by atoms with Crippen molar-refractivity contribution in [3.8, 4) is 10.7 Å². The van der Waals surface area contributed by atoms with Crippen molar-refractivity contribution in [2.24, 2.45) is 11.8 Å². The van der Waals surface area contributed by atoms with Gasteiger partial charge in [0, 0.05) is 12.4 Å². The fourth-order valence-electron chi connectivity index (χ4n) is 3.63. The Morgan fingerprint density at radius 3 is 2.55 bits per heavy atom. The van der Waals surface area contributed by atoms with Gasteiger partial charge in [-0.2, -0.15) is 8.78 Å². The van der Waals surface area contributed by atoms with Crippen LogP contribution in [0.4, 0.5) is 13.9 Å². The summed E-state index contributed by atoms with van der Waals surface area (Å²) in [6.07, 6.45) is 7.17. The lowest BCUT2D eigenvalue weighted by Gasteiger charge is -2.14. The average molecular weight is 421 g/mol. The Hall–Kier alpha value is -2.95. The van der Waals surface area contributed by atoms with Crippen molar-refractivity contribution in [2.75, 3.05) is 11.9 Å². The van der Waals surface area contributed by atoms with Crippen molar-refractivity contribution >= 4 is 34.2 Å². The van der Waals surface area contributed by atoms with E-state index in [9.17, 15) is 23.2 Å². The van der Waals surface area contributed by atoms with Crippen LogP contribution in [0.3, 0.4) is 0 Å². The molecule has 3 heterocycles. The number of amides is 3. The number of imide groups is 1. The summed E-state index contributed by atoms with van der Waals surface area (Å²) in [6.45, 7) is -1.53. The number of nitrogens with zero attached hydrogens (tertiary/aromatic N) is 4. The number of likely N-dealkylation sites (tertiary alicyclic amines) is 1. The zero-order valence-corrected chi connectivity index (χ0v) is 16.2. The van der Waals surface area contributed by atoms with Crippen LogP contribution in [0.15, 0.2) is 24.5 Å². The van der Waals surface area contributed by atoms with Gasteiger partial charge in [0.05, 0.1) is 22.4 Å². The minimum absolute atomic E-state index is 0.0528. The van der Waals surface area contributed by atoms with Gasteiger partial charge < -0.3 is 5.32 Å². The molecule has 11 heteroatoms. The Labute approximate surface area is 168 Å². The van der Waals surface area contributed by atoms with Crippen molar-refractivity contribution in [3.05, 3.63) is 30.2 Å². The summed E-state index contributed by atoms with van der Waals surface area (Å²) in [5.41, 5.74) is 0.434. The molecule has 8 nitrogen and oxygen atoms in total. The van der Waals surface area contributed by atoms with E-state index in [1.54, 1.807) is 6.92 Å². The van der Waals surface area contributed by atoms with E-state index in [0.717, 1.165) is 22.4 Å². The van der Waals surface area contributed by atoms with Crippen LogP contribution in [-0.4, -0.2) is 43.7 Å². The number of aryl methyl sites for hydroxylation is 1. The van der Waals surface area contributed by atoms with Crippen LogP contribution in [0.25, 0.3) is 10.7 Å². The molecule has 29 heavy (non-hydrogen) atoms. The highest BCUT2D eigenvalue weighted by molar-refractivity contribution is 7.19. The predicted molar refractivity (Wildman–Crippen MR) is 100 cm³/mol. The molecule has 0 aromatic carbocycles. The van der Waals surface area contributed by atoms with E-state index in [2.05, 4.69) is 15.3 Å². The number of hydrogen-bond donors (Lipinski definition) is 1. The molecule has 2 aliphatic rings.